The number of nitrogens with zero attached hydrogens (tertiary/aromatic N) is 1. The van der Waals surface area contributed by atoms with Crippen molar-refractivity contribution < 1.29 is 18.0 Å². The Balaban J connectivity index is 2.60. The maximum absolute atomic E-state index is 12.4. The number of carbonyl (C=O) groups excluding carboxylic acids is 1. The van der Waals surface area contributed by atoms with Crippen LogP contribution < -0.4 is 5.73 Å². The number of nitrogens with two attached hydrogens (primary N) is 1. The molecule has 106 valence electrons. The number of alkyl halides is 3. The highest BCUT2D eigenvalue weighted by molar-refractivity contribution is 5.79. The van der Waals surface area contributed by atoms with Crippen LogP contribution in [0.3, 0.4) is 0 Å². The van der Waals surface area contributed by atoms with Crippen LogP contribution in [-0.2, 0) is 4.79 Å². The fourth-order valence-electron chi connectivity index (χ4n) is 2.33. The molecule has 0 spiro atoms. The van der Waals surface area contributed by atoms with Gasteiger partial charge in [0.2, 0.25) is 5.91 Å². The first-order valence-electron chi connectivity index (χ1n) is 6.44. The summed E-state index contributed by atoms with van der Waals surface area (Å²) in [5, 5.41) is 0. The van der Waals surface area contributed by atoms with Gasteiger partial charge in [-0.1, -0.05) is 13.3 Å². The van der Waals surface area contributed by atoms with E-state index >= 15 is 0 Å². The molecule has 1 amide bonds. The van der Waals surface area contributed by atoms with Crippen LogP contribution >= 0.6 is 0 Å². The molecule has 18 heavy (non-hydrogen) atoms. The molecule has 0 aromatic carbocycles. The Hall–Kier alpha value is -0.780. The quantitative estimate of drug-likeness (QED) is 0.830. The molecule has 1 rings (SSSR count). The molecular weight excluding hydrogens is 245 g/mol. The largest absolute Gasteiger partial charge is 0.406 e. The van der Waals surface area contributed by atoms with Gasteiger partial charge in [-0.05, 0) is 25.7 Å². The van der Waals surface area contributed by atoms with Gasteiger partial charge in [-0.15, -0.1) is 0 Å². The second-order valence-corrected chi connectivity index (χ2v) is 5.00. The van der Waals surface area contributed by atoms with E-state index < -0.39 is 12.7 Å². The normalized spacial score (nSPS) is 24.3. The summed E-state index contributed by atoms with van der Waals surface area (Å²) in [6.07, 6.45) is -1.11. The van der Waals surface area contributed by atoms with Crippen LogP contribution in [0.15, 0.2) is 0 Å². The average molecular weight is 266 g/mol. The van der Waals surface area contributed by atoms with Crippen molar-refractivity contribution in [3.63, 3.8) is 0 Å². The predicted octanol–water partition coefficient (Wildman–Crippen LogP) is 2.30. The van der Waals surface area contributed by atoms with E-state index in [1.807, 2.05) is 6.92 Å². The van der Waals surface area contributed by atoms with Gasteiger partial charge in [0.05, 0.1) is 0 Å². The first-order valence-corrected chi connectivity index (χ1v) is 6.44. The Bertz CT molecular complexity index is 281. The zero-order chi connectivity index (χ0) is 13.8. The van der Waals surface area contributed by atoms with Crippen molar-refractivity contribution in [1.29, 1.82) is 0 Å². The van der Waals surface area contributed by atoms with E-state index in [1.54, 1.807) is 0 Å². The van der Waals surface area contributed by atoms with Gasteiger partial charge in [0, 0.05) is 18.5 Å². The highest BCUT2D eigenvalue weighted by Gasteiger charge is 2.37. The number of rotatable bonds is 5. The van der Waals surface area contributed by atoms with Crippen molar-refractivity contribution in [2.75, 3.05) is 13.1 Å². The number of carbonyl (C=O) groups is 1. The second-order valence-electron chi connectivity index (χ2n) is 5.00. The van der Waals surface area contributed by atoms with Crippen LogP contribution in [0.4, 0.5) is 13.2 Å². The third-order valence-corrected chi connectivity index (χ3v) is 3.29. The molecule has 0 radical (unpaired) electrons. The lowest BCUT2D eigenvalue weighted by Crippen LogP contribution is -2.42. The second kappa shape index (κ2) is 6.41. The lowest BCUT2D eigenvalue weighted by atomic mass is 10.1. The van der Waals surface area contributed by atoms with Crippen molar-refractivity contribution in [1.82, 2.24) is 4.90 Å². The van der Waals surface area contributed by atoms with Gasteiger partial charge in [-0.25, -0.2) is 0 Å². The highest BCUT2D eigenvalue weighted by atomic mass is 19.4. The van der Waals surface area contributed by atoms with Gasteiger partial charge in [-0.2, -0.15) is 13.2 Å². The van der Waals surface area contributed by atoms with Crippen LogP contribution in [0.2, 0.25) is 0 Å². The van der Waals surface area contributed by atoms with Crippen LogP contribution in [0.5, 0.6) is 0 Å². The van der Waals surface area contributed by atoms with Gasteiger partial charge in [0.15, 0.2) is 0 Å². The molecule has 3 nitrogen and oxygen atoms in total. The topological polar surface area (TPSA) is 46.3 Å². The molecular formula is C12H21F3N2O. The summed E-state index contributed by atoms with van der Waals surface area (Å²) in [7, 11) is 0. The monoisotopic (exact) mass is 266 g/mol. The van der Waals surface area contributed by atoms with E-state index in [0.29, 0.717) is 19.3 Å². The Morgan fingerprint density at radius 1 is 1.39 bits per heavy atom. The van der Waals surface area contributed by atoms with E-state index in [-0.39, 0.29) is 24.4 Å². The third kappa shape index (κ3) is 4.84. The molecule has 0 unspecified atom stereocenters. The first kappa shape index (κ1) is 15.3. The predicted molar refractivity (Wildman–Crippen MR) is 62.9 cm³/mol. The molecule has 1 saturated carbocycles. The van der Waals surface area contributed by atoms with E-state index in [1.165, 1.54) is 0 Å². The zero-order valence-electron chi connectivity index (χ0n) is 10.7. The van der Waals surface area contributed by atoms with Gasteiger partial charge in [-0.3, -0.25) is 4.79 Å². The molecule has 2 N–H and O–H groups in total. The average Bonchev–Trinajstić information content (AvgIpc) is 2.68. The van der Waals surface area contributed by atoms with E-state index in [0.717, 1.165) is 17.7 Å². The Morgan fingerprint density at radius 2 is 2.06 bits per heavy atom. The molecule has 1 fully saturated rings. The minimum Gasteiger partial charge on any atom is -0.333 e. The molecule has 2 atom stereocenters. The van der Waals surface area contributed by atoms with Gasteiger partial charge >= 0.3 is 6.18 Å². The molecule has 0 bridgehead atoms. The Morgan fingerprint density at radius 3 is 2.50 bits per heavy atom. The lowest BCUT2D eigenvalue weighted by molar-refractivity contribution is -0.163. The molecule has 1 aliphatic rings. The summed E-state index contributed by atoms with van der Waals surface area (Å²) in [6, 6.07) is -0.0436. The number of unbranched alkanes of at least 4 members (excludes halogenated alkanes) is 1. The molecule has 0 aliphatic heterocycles. The van der Waals surface area contributed by atoms with Crippen LogP contribution in [0, 0.1) is 5.92 Å². The number of amides is 1. The summed E-state index contributed by atoms with van der Waals surface area (Å²) in [6.45, 7) is 0.930. The fourth-order valence-corrected chi connectivity index (χ4v) is 2.33. The van der Waals surface area contributed by atoms with E-state index in [4.69, 9.17) is 5.73 Å². The Labute approximate surface area is 106 Å². The third-order valence-electron chi connectivity index (χ3n) is 3.29. The highest BCUT2D eigenvalue weighted by Crippen LogP contribution is 2.27. The molecule has 0 aromatic heterocycles. The molecule has 0 saturated heterocycles. The van der Waals surface area contributed by atoms with Crippen LogP contribution in [0.1, 0.15) is 39.0 Å². The summed E-state index contributed by atoms with van der Waals surface area (Å²) in [4.78, 5) is 13.0. The van der Waals surface area contributed by atoms with Gasteiger partial charge < -0.3 is 10.6 Å². The van der Waals surface area contributed by atoms with Gasteiger partial charge in [0.1, 0.15) is 6.54 Å². The van der Waals surface area contributed by atoms with Crippen molar-refractivity contribution in [2.45, 2.75) is 51.2 Å². The maximum Gasteiger partial charge on any atom is 0.406 e. The lowest BCUT2D eigenvalue weighted by Gasteiger charge is -2.26. The number of hydrogen-bond acceptors (Lipinski definition) is 2. The SMILES string of the molecule is CCCCN(CC(F)(F)F)C(=O)[C@H]1CC[C@@H](N)C1. The molecule has 0 heterocycles. The van der Waals surface area contributed by atoms with Crippen LogP contribution in [-0.4, -0.2) is 36.1 Å². The van der Waals surface area contributed by atoms with Crippen molar-refractivity contribution in [3.05, 3.63) is 0 Å². The maximum atomic E-state index is 12.4. The standard InChI is InChI=1S/C12H21F3N2O/c1-2-3-6-17(8-12(13,14)15)11(18)9-4-5-10(16)7-9/h9-10H,2-8,16H2,1H3/t9-,10+/m0/s1. The van der Waals surface area contributed by atoms with Crippen molar-refractivity contribution >= 4 is 5.91 Å². The smallest absolute Gasteiger partial charge is 0.333 e. The number of hydrogen-bond donors (Lipinski definition) is 1. The molecule has 1 aliphatic carbocycles. The fraction of sp³-hybridized carbons (Fsp3) is 0.917. The summed E-state index contributed by atoms with van der Waals surface area (Å²) < 4.78 is 37.3. The number of halogens is 3. The van der Waals surface area contributed by atoms with Gasteiger partial charge in [0.25, 0.3) is 0 Å². The van der Waals surface area contributed by atoms with E-state index in [2.05, 4.69) is 0 Å². The van der Waals surface area contributed by atoms with Crippen molar-refractivity contribution in [2.24, 2.45) is 11.7 Å². The van der Waals surface area contributed by atoms with Crippen LogP contribution in [0.25, 0.3) is 0 Å². The summed E-state index contributed by atoms with van der Waals surface area (Å²) in [5.74, 6) is -0.701. The van der Waals surface area contributed by atoms with E-state index in [9.17, 15) is 18.0 Å². The minimum atomic E-state index is -4.33. The minimum absolute atomic E-state index is 0.0436. The van der Waals surface area contributed by atoms with Crippen molar-refractivity contribution in [3.8, 4) is 0 Å². The Kier molecular flexibility index (Phi) is 5.44. The zero-order valence-corrected chi connectivity index (χ0v) is 10.7. The molecule has 0 aromatic rings. The summed E-state index contributed by atoms with van der Waals surface area (Å²) in [5.41, 5.74) is 5.70. The first-order chi connectivity index (χ1) is 8.33. The summed E-state index contributed by atoms with van der Waals surface area (Å²) >= 11 is 0. The molecule has 6 heteroatoms.